The van der Waals surface area contributed by atoms with Gasteiger partial charge in [0.25, 0.3) is 0 Å². The molecule has 0 amide bonds. The van der Waals surface area contributed by atoms with Gasteiger partial charge < -0.3 is 5.32 Å². The predicted molar refractivity (Wildman–Crippen MR) is 57.2 cm³/mol. The Morgan fingerprint density at radius 1 is 1.64 bits per heavy atom. The van der Waals surface area contributed by atoms with Crippen molar-refractivity contribution in [3.05, 3.63) is 18.0 Å². The van der Waals surface area contributed by atoms with Gasteiger partial charge in [0.2, 0.25) is 0 Å². The Bertz CT molecular complexity index is 292. The summed E-state index contributed by atoms with van der Waals surface area (Å²) >= 11 is 0. The van der Waals surface area contributed by atoms with E-state index in [0.717, 1.165) is 19.0 Å². The van der Waals surface area contributed by atoms with Gasteiger partial charge >= 0.3 is 0 Å². The molecule has 1 aliphatic heterocycles. The largest absolute Gasteiger partial charge is 0.316 e. The summed E-state index contributed by atoms with van der Waals surface area (Å²) in [5.74, 6) is 1.48. The monoisotopic (exact) mass is 193 g/mol. The van der Waals surface area contributed by atoms with Crippen LogP contribution in [0.25, 0.3) is 0 Å². The van der Waals surface area contributed by atoms with Crippen molar-refractivity contribution in [1.29, 1.82) is 0 Å². The highest BCUT2D eigenvalue weighted by Crippen LogP contribution is 2.31. The van der Waals surface area contributed by atoms with Crippen molar-refractivity contribution < 1.29 is 0 Å². The lowest BCUT2D eigenvalue weighted by Gasteiger charge is -2.31. The van der Waals surface area contributed by atoms with E-state index in [0.29, 0.717) is 5.92 Å². The SMILES string of the molecule is CCC1CNCCC1c1ccnn1C. The molecule has 0 aliphatic carbocycles. The van der Waals surface area contributed by atoms with Crippen LogP contribution in [0.5, 0.6) is 0 Å². The topological polar surface area (TPSA) is 29.9 Å². The molecule has 1 aliphatic rings. The summed E-state index contributed by atoms with van der Waals surface area (Å²) < 4.78 is 2.03. The van der Waals surface area contributed by atoms with Gasteiger partial charge in [-0.05, 0) is 31.5 Å². The molecule has 0 radical (unpaired) electrons. The minimum atomic E-state index is 0.703. The molecule has 2 heterocycles. The molecule has 0 spiro atoms. The third-order valence-electron chi connectivity index (χ3n) is 3.37. The van der Waals surface area contributed by atoms with E-state index in [2.05, 4.69) is 23.4 Å². The molecule has 78 valence electrons. The molecule has 2 unspecified atom stereocenters. The van der Waals surface area contributed by atoms with E-state index in [-0.39, 0.29) is 0 Å². The van der Waals surface area contributed by atoms with E-state index in [1.165, 1.54) is 18.5 Å². The smallest absolute Gasteiger partial charge is 0.0492 e. The van der Waals surface area contributed by atoms with E-state index in [1.807, 2.05) is 17.9 Å². The van der Waals surface area contributed by atoms with E-state index in [4.69, 9.17) is 0 Å². The zero-order chi connectivity index (χ0) is 9.97. The van der Waals surface area contributed by atoms with Gasteiger partial charge in [-0.2, -0.15) is 5.10 Å². The lowest BCUT2D eigenvalue weighted by atomic mass is 9.82. The molecular weight excluding hydrogens is 174 g/mol. The van der Waals surface area contributed by atoms with Crippen LogP contribution in [-0.4, -0.2) is 22.9 Å². The Morgan fingerprint density at radius 3 is 3.14 bits per heavy atom. The molecule has 3 heteroatoms. The highest BCUT2D eigenvalue weighted by molar-refractivity contribution is 5.10. The van der Waals surface area contributed by atoms with Gasteiger partial charge in [0.15, 0.2) is 0 Å². The van der Waals surface area contributed by atoms with Gasteiger partial charge in [-0.15, -0.1) is 0 Å². The molecule has 3 nitrogen and oxygen atoms in total. The fraction of sp³-hybridized carbons (Fsp3) is 0.727. The first-order valence-corrected chi connectivity index (χ1v) is 5.51. The van der Waals surface area contributed by atoms with Gasteiger partial charge in [-0.1, -0.05) is 13.3 Å². The summed E-state index contributed by atoms with van der Waals surface area (Å²) in [5.41, 5.74) is 1.40. The molecule has 0 bridgehead atoms. The molecule has 1 aromatic heterocycles. The second kappa shape index (κ2) is 4.13. The molecule has 14 heavy (non-hydrogen) atoms. The standard InChI is InChI=1S/C11H19N3/c1-3-9-8-12-6-4-10(9)11-5-7-13-14(11)2/h5,7,9-10,12H,3-4,6,8H2,1-2H3. The van der Waals surface area contributed by atoms with E-state index >= 15 is 0 Å². The van der Waals surface area contributed by atoms with Crippen molar-refractivity contribution in [2.75, 3.05) is 13.1 Å². The molecule has 1 saturated heterocycles. The first kappa shape index (κ1) is 9.71. The van der Waals surface area contributed by atoms with Crippen LogP contribution >= 0.6 is 0 Å². The molecule has 2 rings (SSSR count). The number of hydrogen-bond acceptors (Lipinski definition) is 2. The maximum absolute atomic E-state index is 4.26. The van der Waals surface area contributed by atoms with Crippen molar-refractivity contribution in [3.63, 3.8) is 0 Å². The quantitative estimate of drug-likeness (QED) is 0.772. The van der Waals surface area contributed by atoms with Crippen molar-refractivity contribution in [3.8, 4) is 0 Å². The molecule has 2 atom stereocenters. The van der Waals surface area contributed by atoms with Crippen LogP contribution in [0, 0.1) is 5.92 Å². The summed E-state index contributed by atoms with van der Waals surface area (Å²) in [7, 11) is 2.05. The summed E-state index contributed by atoms with van der Waals surface area (Å²) in [6.45, 7) is 4.58. The van der Waals surface area contributed by atoms with Crippen molar-refractivity contribution in [1.82, 2.24) is 15.1 Å². The number of rotatable bonds is 2. The van der Waals surface area contributed by atoms with Gasteiger partial charge in [-0.3, -0.25) is 4.68 Å². The Labute approximate surface area is 85.5 Å². The van der Waals surface area contributed by atoms with E-state index < -0.39 is 0 Å². The maximum Gasteiger partial charge on any atom is 0.0492 e. The number of nitrogens with one attached hydrogen (secondary N) is 1. The molecule has 1 N–H and O–H groups in total. The molecule has 1 fully saturated rings. The summed E-state index contributed by atoms with van der Waals surface area (Å²) in [6.07, 6.45) is 4.41. The summed E-state index contributed by atoms with van der Waals surface area (Å²) in [6, 6.07) is 2.17. The van der Waals surface area contributed by atoms with E-state index in [9.17, 15) is 0 Å². The first-order valence-electron chi connectivity index (χ1n) is 5.51. The van der Waals surface area contributed by atoms with Gasteiger partial charge in [0.1, 0.15) is 0 Å². The van der Waals surface area contributed by atoms with Crippen molar-refractivity contribution in [2.45, 2.75) is 25.7 Å². The van der Waals surface area contributed by atoms with Crippen LogP contribution in [0.1, 0.15) is 31.4 Å². The molecule has 0 saturated carbocycles. The average Bonchev–Trinajstić information content (AvgIpc) is 2.64. The second-order valence-corrected chi connectivity index (χ2v) is 4.15. The number of nitrogens with zero attached hydrogens (tertiary/aromatic N) is 2. The third-order valence-corrected chi connectivity index (χ3v) is 3.37. The number of aromatic nitrogens is 2. The fourth-order valence-electron chi connectivity index (χ4n) is 2.49. The lowest BCUT2D eigenvalue weighted by Crippen LogP contribution is -2.35. The van der Waals surface area contributed by atoms with Crippen molar-refractivity contribution in [2.24, 2.45) is 13.0 Å². The number of piperidine rings is 1. The Balaban J connectivity index is 2.19. The zero-order valence-corrected chi connectivity index (χ0v) is 9.03. The highest BCUT2D eigenvalue weighted by atomic mass is 15.3. The highest BCUT2D eigenvalue weighted by Gasteiger charge is 2.26. The normalized spacial score (nSPS) is 27.9. The second-order valence-electron chi connectivity index (χ2n) is 4.15. The Kier molecular flexibility index (Phi) is 2.87. The lowest BCUT2D eigenvalue weighted by molar-refractivity contribution is 0.306. The molecule has 0 aromatic carbocycles. The third kappa shape index (κ3) is 1.69. The van der Waals surface area contributed by atoms with Crippen LogP contribution in [0.15, 0.2) is 12.3 Å². The van der Waals surface area contributed by atoms with Crippen molar-refractivity contribution >= 4 is 0 Å². The minimum Gasteiger partial charge on any atom is -0.316 e. The van der Waals surface area contributed by atoms with Crippen LogP contribution in [0.2, 0.25) is 0 Å². The van der Waals surface area contributed by atoms with Gasteiger partial charge in [-0.25, -0.2) is 0 Å². The van der Waals surface area contributed by atoms with Crippen LogP contribution in [0.4, 0.5) is 0 Å². The van der Waals surface area contributed by atoms with Gasteiger partial charge in [0.05, 0.1) is 0 Å². The van der Waals surface area contributed by atoms with Crippen LogP contribution in [0.3, 0.4) is 0 Å². The first-order chi connectivity index (χ1) is 6.83. The predicted octanol–water partition coefficient (Wildman–Crippen LogP) is 1.52. The maximum atomic E-state index is 4.26. The number of aryl methyl sites for hydroxylation is 1. The summed E-state index contributed by atoms with van der Waals surface area (Å²) in [4.78, 5) is 0. The Hall–Kier alpha value is -0.830. The zero-order valence-electron chi connectivity index (χ0n) is 9.03. The van der Waals surface area contributed by atoms with Gasteiger partial charge in [0, 0.05) is 24.9 Å². The van der Waals surface area contributed by atoms with Crippen LogP contribution in [-0.2, 0) is 7.05 Å². The van der Waals surface area contributed by atoms with Crippen LogP contribution < -0.4 is 5.32 Å². The van der Waals surface area contributed by atoms with E-state index in [1.54, 1.807) is 0 Å². The summed E-state index contributed by atoms with van der Waals surface area (Å²) in [5, 5.41) is 7.72. The molecule has 1 aromatic rings. The minimum absolute atomic E-state index is 0.703. The Morgan fingerprint density at radius 2 is 2.50 bits per heavy atom. The fourth-order valence-corrected chi connectivity index (χ4v) is 2.49. The molecular formula is C11H19N3. The number of hydrogen-bond donors (Lipinski definition) is 1. The average molecular weight is 193 g/mol.